The molecule has 0 spiro atoms. The van der Waals surface area contributed by atoms with Crippen molar-refractivity contribution in [2.24, 2.45) is 0 Å². The van der Waals surface area contributed by atoms with Crippen LogP contribution in [0, 0.1) is 11.6 Å². The van der Waals surface area contributed by atoms with Crippen LogP contribution in [0.25, 0.3) is 11.2 Å². The van der Waals surface area contributed by atoms with Gasteiger partial charge in [-0.2, -0.15) is 9.97 Å². The number of nitrogens with zero attached hydrogens (tertiary/aromatic N) is 2. The zero-order valence-corrected chi connectivity index (χ0v) is 18.1. The van der Waals surface area contributed by atoms with Crippen LogP contribution in [0.5, 0.6) is 17.6 Å². The summed E-state index contributed by atoms with van der Waals surface area (Å²) in [5.74, 6) is -1.55. The van der Waals surface area contributed by atoms with Gasteiger partial charge in [-0.3, -0.25) is 0 Å². The number of aromatic nitrogens is 3. The lowest BCUT2D eigenvalue weighted by Gasteiger charge is -2.15. The third-order valence-electron chi connectivity index (χ3n) is 5.40. The van der Waals surface area contributed by atoms with Crippen LogP contribution >= 0.6 is 11.6 Å². The summed E-state index contributed by atoms with van der Waals surface area (Å²) in [5.41, 5.74) is 0.431. The Morgan fingerprint density at radius 3 is 2.64 bits per heavy atom. The van der Waals surface area contributed by atoms with Gasteiger partial charge in [0, 0.05) is 12.1 Å². The number of H-pyrrole nitrogens is 1. The van der Waals surface area contributed by atoms with Crippen LogP contribution in [0.4, 0.5) is 8.78 Å². The van der Waals surface area contributed by atoms with E-state index in [1.54, 1.807) is 6.92 Å². The Hall–Kier alpha value is -2.73. The second-order valence-electron chi connectivity index (χ2n) is 7.60. The van der Waals surface area contributed by atoms with Crippen molar-refractivity contribution in [1.82, 2.24) is 15.0 Å². The number of benzene rings is 1. The first-order valence-electron chi connectivity index (χ1n) is 10.3. The molecule has 2 aromatic heterocycles. The molecule has 2 aliphatic rings. The molecule has 176 valence electrons. The Kier molecular flexibility index (Phi) is 5.95. The molecule has 2 aliphatic heterocycles. The van der Waals surface area contributed by atoms with E-state index in [2.05, 4.69) is 15.0 Å². The van der Waals surface area contributed by atoms with Gasteiger partial charge in [-0.25, -0.2) is 8.78 Å². The molecule has 0 radical (unpaired) electrons. The Labute approximate surface area is 191 Å². The summed E-state index contributed by atoms with van der Waals surface area (Å²) in [5, 5.41) is 9.96. The second kappa shape index (κ2) is 8.90. The second-order valence-corrected chi connectivity index (χ2v) is 8.00. The van der Waals surface area contributed by atoms with E-state index in [9.17, 15) is 13.9 Å². The Morgan fingerprint density at radius 2 is 1.88 bits per heavy atom. The number of fused-ring (bicyclic) bond motifs is 2. The summed E-state index contributed by atoms with van der Waals surface area (Å²) in [6.45, 7) is 1.99. The van der Waals surface area contributed by atoms with E-state index >= 15 is 0 Å². The molecule has 2 saturated heterocycles. The molecular formula is C21H20ClF2N3O6. The molecule has 33 heavy (non-hydrogen) atoms. The van der Waals surface area contributed by atoms with E-state index in [-0.39, 0.29) is 53.7 Å². The summed E-state index contributed by atoms with van der Waals surface area (Å²) in [4.78, 5) is 11.4. The van der Waals surface area contributed by atoms with Gasteiger partial charge in [0.1, 0.15) is 47.3 Å². The summed E-state index contributed by atoms with van der Waals surface area (Å²) < 4.78 is 56.1. The van der Waals surface area contributed by atoms with Crippen molar-refractivity contribution < 1.29 is 37.6 Å². The fourth-order valence-corrected chi connectivity index (χ4v) is 4.04. The first-order chi connectivity index (χ1) is 15.9. The minimum Gasteiger partial charge on any atom is -0.494 e. The molecule has 12 heteroatoms. The predicted molar refractivity (Wildman–Crippen MR) is 111 cm³/mol. The van der Waals surface area contributed by atoms with Crippen molar-refractivity contribution in [1.29, 1.82) is 0 Å². The average molecular weight is 484 g/mol. The number of halogens is 3. The van der Waals surface area contributed by atoms with Crippen molar-refractivity contribution >= 4 is 22.8 Å². The van der Waals surface area contributed by atoms with Crippen LogP contribution in [-0.4, -0.2) is 64.3 Å². The maximum Gasteiger partial charge on any atom is 0.296 e. The standard InChI is InChI=1S/C21H20ClF2N3O6/c1-2-29-9-3-12(23)10(13(24)4-9)6-32-20-11(22)5-14-19(26-20)27-21(25-14)33-16-8-31-17-15(28)7-30-18(16)17/h3-5,15-18,28H,2,6-8H2,1H3,(H,25,26,27)/t15-,16-,17-,18-/m1/s1. The largest absolute Gasteiger partial charge is 0.494 e. The highest BCUT2D eigenvalue weighted by Gasteiger charge is 2.48. The predicted octanol–water partition coefficient (Wildman–Crippen LogP) is 2.77. The van der Waals surface area contributed by atoms with Crippen LogP contribution in [0.15, 0.2) is 18.2 Å². The Morgan fingerprint density at radius 1 is 1.12 bits per heavy atom. The third-order valence-corrected chi connectivity index (χ3v) is 5.67. The van der Waals surface area contributed by atoms with Gasteiger partial charge in [-0.1, -0.05) is 11.6 Å². The quantitative estimate of drug-likeness (QED) is 0.528. The SMILES string of the molecule is CCOc1cc(F)c(COc2nc3nc(O[C@@H]4CO[C@H]5[C@@H]4OC[C@H]5O)[nH]c3cc2Cl)c(F)c1. The van der Waals surface area contributed by atoms with Crippen molar-refractivity contribution in [3.63, 3.8) is 0 Å². The maximum atomic E-state index is 14.3. The van der Waals surface area contributed by atoms with Gasteiger partial charge < -0.3 is 33.8 Å². The van der Waals surface area contributed by atoms with E-state index in [4.69, 9.17) is 35.3 Å². The average Bonchev–Trinajstić information content (AvgIpc) is 3.45. The lowest BCUT2D eigenvalue weighted by atomic mass is 10.1. The van der Waals surface area contributed by atoms with Crippen molar-refractivity contribution in [3.05, 3.63) is 40.4 Å². The molecule has 1 aromatic carbocycles. The third kappa shape index (κ3) is 4.29. The molecule has 0 aliphatic carbocycles. The molecule has 2 N–H and O–H groups in total. The van der Waals surface area contributed by atoms with E-state index in [0.29, 0.717) is 5.52 Å². The first-order valence-corrected chi connectivity index (χ1v) is 10.7. The van der Waals surface area contributed by atoms with E-state index < -0.39 is 42.7 Å². The lowest BCUT2D eigenvalue weighted by molar-refractivity contribution is 0.00706. The van der Waals surface area contributed by atoms with Crippen LogP contribution in [0.1, 0.15) is 12.5 Å². The maximum absolute atomic E-state index is 14.3. The number of pyridine rings is 1. The summed E-state index contributed by atoms with van der Waals surface area (Å²) in [6.07, 6.45) is -1.98. The van der Waals surface area contributed by atoms with E-state index in [1.165, 1.54) is 6.07 Å². The molecule has 4 heterocycles. The zero-order chi connectivity index (χ0) is 23.1. The van der Waals surface area contributed by atoms with Gasteiger partial charge in [0.25, 0.3) is 6.01 Å². The Bertz CT molecular complexity index is 1160. The number of hydrogen-bond acceptors (Lipinski definition) is 8. The van der Waals surface area contributed by atoms with Gasteiger partial charge in [0.05, 0.1) is 30.9 Å². The monoisotopic (exact) mass is 483 g/mol. The smallest absolute Gasteiger partial charge is 0.296 e. The highest BCUT2D eigenvalue weighted by molar-refractivity contribution is 6.32. The van der Waals surface area contributed by atoms with E-state index in [0.717, 1.165) is 12.1 Å². The summed E-state index contributed by atoms with van der Waals surface area (Å²) in [6, 6.07) is 3.86. The van der Waals surface area contributed by atoms with Crippen molar-refractivity contribution in [2.45, 2.75) is 37.9 Å². The number of imidazole rings is 1. The number of aliphatic hydroxyl groups excluding tert-OH is 1. The normalized spacial score (nSPS) is 24.3. The molecular weight excluding hydrogens is 464 g/mol. The van der Waals surface area contributed by atoms with Crippen LogP contribution in [0.2, 0.25) is 5.02 Å². The number of ether oxygens (including phenoxy) is 5. The highest BCUT2D eigenvalue weighted by Crippen LogP contribution is 2.32. The number of rotatable bonds is 7. The molecule has 3 aromatic rings. The molecule has 9 nitrogen and oxygen atoms in total. The fraction of sp³-hybridized carbons (Fsp3) is 0.429. The van der Waals surface area contributed by atoms with E-state index in [1.807, 2.05) is 0 Å². The minimum absolute atomic E-state index is 0.0404. The zero-order valence-electron chi connectivity index (χ0n) is 17.4. The highest BCUT2D eigenvalue weighted by atomic mass is 35.5. The van der Waals surface area contributed by atoms with Crippen molar-refractivity contribution in [3.8, 4) is 17.6 Å². The van der Waals surface area contributed by atoms with Crippen LogP contribution in [-0.2, 0) is 16.1 Å². The molecule has 0 saturated carbocycles. The number of aromatic amines is 1. The van der Waals surface area contributed by atoms with Gasteiger partial charge in [0.15, 0.2) is 11.8 Å². The molecule has 5 rings (SSSR count). The minimum atomic E-state index is -0.803. The molecule has 0 amide bonds. The fourth-order valence-electron chi connectivity index (χ4n) is 3.83. The topological polar surface area (TPSA) is 108 Å². The first kappa shape index (κ1) is 22.1. The summed E-state index contributed by atoms with van der Waals surface area (Å²) in [7, 11) is 0. The van der Waals surface area contributed by atoms with Gasteiger partial charge in [0.2, 0.25) is 5.88 Å². The number of aliphatic hydroxyl groups is 1. The Balaban J connectivity index is 1.31. The van der Waals surface area contributed by atoms with Gasteiger partial charge >= 0.3 is 0 Å². The van der Waals surface area contributed by atoms with Gasteiger partial charge in [-0.05, 0) is 13.0 Å². The number of nitrogens with one attached hydrogen (secondary N) is 1. The summed E-state index contributed by atoms with van der Waals surface area (Å²) >= 11 is 6.23. The molecule has 4 atom stereocenters. The van der Waals surface area contributed by atoms with Crippen molar-refractivity contribution in [2.75, 3.05) is 19.8 Å². The molecule has 0 unspecified atom stereocenters. The van der Waals surface area contributed by atoms with Gasteiger partial charge in [-0.15, -0.1) is 0 Å². The number of hydrogen-bond donors (Lipinski definition) is 2. The lowest BCUT2D eigenvalue weighted by Crippen LogP contribution is -2.34. The molecule has 2 fully saturated rings. The molecule has 0 bridgehead atoms. The van der Waals surface area contributed by atoms with Crippen LogP contribution < -0.4 is 14.2 Å². The van der Waals surface area contributed by atoms with Crippen LogP contribution in [0.3, 0.4) is 0 Å².